The molecule has 0 aliphatic carbocycles. The van der Waals surface area contributed by atoms with Crippen LogP contribution in [0.15, 0.2) is 59.8 Å². The number of ether oxygens (including phenoxy) is 1. The standard InChI is InChI=1S/C27H30F2N4O4/c1-4-37-26(35)23-22(31(3)27(36)30-24(23)18-8-7-9-19(28)14-18)16-32-12-13-33(17(2)15-32)25(34)20-10-5-6-11-21(20)29/h5-11,14,17,24H,4,12-13,15-16H2,1-3H3,(H,30,36)/t17-,24-/m1/s1. The first kappa shape index (κ1) is 26.3. The first-order valence-corrected chi connectivity index (χ1v) is 12.2. The number of hydrogen-bond donors (Lipinski definition) is 1. The molecule has 2 aliphatic rings. The minimum absolute atomic E-state index is 0.0247. The fraction of sp³-hybridized carbons (Fsp3) is 0.370. The van der Waals surface area contributed by atoms with E-state index in [9.17, 15) is 23.2 Å². The number of likely N-dealkylation sites (N-methyl/N-ethyl adjacent to an activating group) is 1. The second kappa shape index (κ2) is 11.1. The predicted octanol–water partition coefficient (Wildman–Crippen LogP) is 3.32. The van der Waals surface area contributed by atoms with Crippen LogP contribution in [0.1, 0.15) is 35.8 Å². The molecular weight excluding hydrogens is 482 g/mol. The van der Waals surface area contributed by atoms with Crippen LogP contribution in [0.4, 0.5) is 13.6 Å². The fourth-order valence-electron chi connectivity index (χ4n) is 4.81. The zero-order valence-corrected chi connectivity index (χ0v) is 21.0. The Balaban J connectivity index is 1.61. The summed E-state index contributed by atoms with van der Waals surface area (Å²) in [4.78, 5) is 44.0. The van der Waals surface area contributed by atoms with Crippen LogP contribution in [0.25, 0.3) is 0 Å². The van der Waals surface area contributed by atoms with Crippen molar-refractivity contribution in [3.63, 3.8) is 0 Å². The highest BCUT2D eigenvalue weighted by Crippen LogP contribution is 2.32. The summed E-state index contributed by atoms with van der Waals surface area (Å²) in [5.41, 5.74) is 1.12. The summed E-state index contributed by atoms with van der Waals surface area (Å²) in [5, 5.41) is 2.78. The zero-order chi connectivity index (χ0) is 26.7. The van der Waals surface area contributed by atoms with Gasteiger partial charge in [0.05, 0.1) is 23.8 Å². The molecule has 1 fully saturated rings. The van der Waals surface area contributed by atoms with Crippen molar-refractivity contribution < 1.29 is 27.9 Å². The van der Waals surface area contributed by atoms with Gasteiger partial charge in [0.1, 0.15) is 11.6 Å². The summed E-state index contributed by atoms with van der Waals surface area (Å²) in [6.07, 6.45) is 0. The number of rotatable bonds is 6. The Bertz CT molecular complexity index is 1230. The second-order valence-electron chi connectivity index (χ2n) is 9.14. The van der Waals surface area contributed by atoms with E-state index in [0.717, 1.165) is 0 Å². The first-order valence-electron chi connectivity index (χ1n) is 12.2. The topological polar surface area (TPSA) is 82.2 Å². The van der Waals surface area contributed by atoms with E-state index in [0.29, 0.717) is 30.9 Å². The van der Waals surface area contributed by atoms with E-state index in [-0.39, 0.29) is 36.2 Å². The third-order valence-corrected chi connectivity index (χ3v) is 6.70. The third-order valence-electron chi connectivity index (χ3n) is 6.70. The predicted molar refractivity (Wildman–Crippen MR) is 132 cm³/mol. The molecule has 8 nitrogen and oxygen atoms in total. The van der Waals surface area contributed by atoms with Crippen molar-refractivity contribution in [3.8, 4) is 0 Å². The molecule has 37 heavy (non-hydrogen) atoms. The maximum absolute atomic E-state index is 14.2. The molecular formula is C27H30F2N4O4. The number of piperazine rings is 1. The first-order chi connectivity index (χ1) is 17.7. The second-order valence-corrected chi connectivity index (χ2v) is 9.14. The highest BCUT2D eigenvalue weighted by atomic mass is 19.1. The average molecular weight is 513 g/mol. The van der Waals surface area contributed by atoms with Crippen LogP contribution in [0.5, 0.6) is 0 Å². The number of nitrogens with zero attached hydrogens (tertiary/aromatic N) is 3. The van der Waals surface area contributed by atoms with Gasteiger partial charge < -0.3 is 15.0 Å². The Labute approximate surface area is 214 Å². The van der Waals surface area contributed by atoms with Crippen LogP contribution in [0.3, 0.4) is 0 Å². The number of esters is 1. The molecule has 1 saturated heterocycles. The lowest BCUT2D eigenvalue weighted by Gasteiger charge is -2.42. The largest absolute Gasteiger partial charge is 0.463 e. The van der Waals surface area contributed by atoms with Gasteiger partial charge in [0.15, 0.2) is 0 Å². The molecule has 2 aromatic rings. The highest BCUT2D eigenvalue weighted by molar-refractivity contribution is 5.95. The molecule has 4 rings (SSSR count). The van der Waals surface area contributed by atoms with Crippen molar-refractivity contribution in [2.45, 2.75) is 25.9 Å². The molecule has 10 heteroatoms. The van der Waals surface area contributed by atoms with Gasteiger partial charge in [0.25, 0.3) is 5.91 Å². The lowest BCUT2D eigenvalue weighted by atomic mass is 9.94. The molecule has 0 spiro atoms. The van der Waals surface area contributed by atoms with Crippen molar-refractivity contribution in [2.75, 3.05) is 39.8 Å². The van der Waals surface area contributed by atoms with E-state index in [1.165, 1.54) is 41.3 Å². The third kappa shape index (κ3) is 5.48. The van der Waals surface area contributed by atoms with Crippen LogP contribution < -0.4 is 5.32 Å². The normalized spacial score (nSPS) is 20.6. The van der Waals surface area contributed by atoms with Crippen molar-refractivity contribution >= 4 is 17.9 Å². The molecule has 0 radical (unpaired) electrons. The van der Waals surface area contributed by atoms with Gasteiger partial charge in [-0.1, -0.05) is 24.3 Å². The van der Waals surface area contributed by atoms with E-state index in [1.807, 2.05) is 11.8 Å². The Hall–Kier alpha value is -3.79. The SMILES string of the molecule is CCOC(=O)C1=C(CN2CCN(C(=O)c3ccccc3F)[C@H](C)C2)N(C)C(=O)N[C@@H]1c1cccc(F)c1. The van der Waals surface area contributed by atoms with Crippen molar-refractivity contribution in [2.24, 2.45) is 0 Å². The molecule has 0 saturated carbocycles. The van der Waals surface area contributed by atoms with Crippen molar-refractivity contribution in [1.29, 1.82) is 0 Å². The van der Waals surface area contributed by atoms with Crippen LogP contribution in [0, 0.1) is 11.6 Å². The fourth-order valence-corrected chi connectivity index (χ4v) is 4.81. The van der Waals surface area contributed by atoms with Gasteiger partial charge in [-0.2, -0.15) is 0 Å². The van der Waals surface area contributed by atoms with Crippen LogP contribution in [-0.4, -0.2) is 78.5 Å². The smallest absolute Gasteiger partial charge is 0.338 e. The van der Waals surface area contributed by atoms with E-state index in [1.54, 1.807) is 31.0 Å². The molecule has 196 valence electrons. The number of amides is 3. The van der Waals surface area contributed by atoms with Gasteiger partial charge in [0.2, 0.25) is 0 Å². The minimum atomic E-state index is -0.880. The van der Waals surface area contributed by atoms with E-state index in [2.05, 4.69) is 5.32 Å². The summed E-state index contributed by atoms with van der Waals surface area (Å²) >= 11 is 0. The minimum Gasteiger partial charge on any atom is -0.463 e. The Kier molecular flexibility index (Phi) is 7.87. The van der Waals surface area contributed by atoms with Gasteiger partial charge in [-0.25, -0.2) is 18.4 Å². The number of carbonyl (C=O) groups excluding carboxylic acids is 3. The lowest BCUT2D eigenvalue weighted by Crippen LogP contribution is -2.56. The van der Waals surface area contributed by atoms with E-state index < -0.39 is 29.7 Å². The molecule has 2 atom stereocenters. The highest BCUT2D eigenvalue weighted by Gasteiger charge is 2.38. The summed E-state index contributed by atoms with van der Waals surface area (Å²) in [6.45, 7) is 5.17. The Morgan fingerprint density at radius 2 is 1.86 bits per heavy atom. The quantitative estimate of drug-likeness (QED) is 0.601. The number of benzene rings is 2. The monoisotopic (exact) mass is 512 g/mol. The van der Waals surface area contributed by atoms with Crippen molar-refractivity contribution in [3.05, 3.63) is 82.6 Å². The number of urea groups is 1. The van der Waals surface area contributed by atoms with Gasteiger partial charge >= 0.3 is 12.0 Å². The molecule has 2 aromatic carbocycles. The average Bonchev–Trinajstić information content (AvgIpc) is 2.86. The van der Waals surface area contributed by atoms with E-state index >= 15 is 0 Å². The van der Waals surface area contributed by atoms with Gasteiger partial charge in [-0.05, 0) is 43.7 Å². The van der Waals surface area contributed by atoms with Crippen LogP contribution >= 0.6 is 0 Å². The molecule has 2 heterocycles. The van der Waals surface area contributed by atoms with Gasteiger partial charge in [-0.3, -0.25) is 14.6 Å². The summed E-state index contributed by atoms with van der Waals surface area (Å²) in [7, 11) is 1.56. The van der Waals surface area contributed by atoms with Crippen LogP contribution in [-0.2, 0) is 9.53 Å². The number of halogens is 2. The lowest BCUT2D eigenvalue weighted by molar-refractivity contribution is -0.139. The molecule has 0 bridgehead atoms. The molecule has 0 unspecified atom stereocenters. The molecule has 2 aliphatic heterocycles. The summed E-state index contributed by atoms with van der Waals surface area (Å²) in [6, 6.07) is 10.1. The Morgan fingerprint density at radius 1 is 1.11 bits per heavy atom. The maximum Gasteiger partial charge on any atom is 0.338 e. The van der Waals surface area contributed by atoms with E-state index in [4.69, 9.17) is 4.74 Å². The van der Waals surface area contributed by atoms with Crippen molar-refractivity contribution in [1.82, 2.24) is 20.0 Å². The van der Waals surface area contributed by atoms with Gasteiger partial charge in [0, 0.05) is 45.0 Å². The maximum atomic E-state index is 14.2. The summed E-state index contributed by atoms with van der Waals surface area (Å²) < 4.78 is 33.5. The summed E-state index contributed by atoms with van der Waals surface area (Å²) in [5.74, 6) is -2.03. The Morgan fingerprint density at radius 3 is 2.54 bits per heavy atom. The molecule has 0 aromatic heterocycles. The number of nitrogens with one attached hydrogen (secondary N) is 1. The van der Waals surface area contributed by atoms with Crippen LogP contribution in [0.2, 0.25) is 0 Å². The number of hydrogen-bond acceptors (Lipinski definition) is 5. The number of carbonyl (C=O) groups is 3. The van der Waals surface area contributed by atoms with Gasteiger partial charge in [-0.15, -0.1) is 0 Å². The molecule has 1 N–H and O–H groups in total. The zero-order valence-electron chi connectivity index (χ0n) is 21.0. The molecule has 3 amide bonds.